The van der Waals surface area contributed by atoms with E-state index in [1.165, 1.54) is 0 Å². The second kappa shape index (κ2) is 3.84. The quantitative estimate of drug-likeness (QED) is 0.722. The van der Waals surface area contributed by atoms with Crippen molar-refractivity contribution in [2.24, 2.45) is 0 Å². The van der Waals surface area contributed by atoms with Crippen molar-refractivity contribution in [1.82, 2.24) is 0 Å². The van der Waals surface area contributed by atoms with Crippen molar-refractivity contribution in [2.75, 3.05) is 13.2 Å². The summed E-state index contributed by atoms with van der Waals surface area (Å²) in [5.41, 5.74) is 0.725. The minimum atomic E-state index is -0.402. The molecule has 0 saturated carbocycles. The van der Waals surface area contributed by atoms with E-state index in [0.717, 1.165) is 5.56 Å². The molecule has 0 aliphatic carbocycles. The normalized spacial score (nSPS) is 18.0. The molecule has 0 bridgehead atoms. The van der Waals surface area contributed by atoms with Crippen molar-refractivity contribution in [3.63, 3.8) is 0 Å². The first-order chi connectivity index (χ1) is 6.29. The van der Waals surface area contributed by atoms with Crippen molar-refractivity contribution < 1.29 is 9.47 Å². The lowest BCUT2D eigenvalue weighted by atomic mass is 10.2. The molecular formula is C9H8Cl2O2. The third-order valence-corrected chi connectivity index (χ3v) is 2.52. The summed E-state index contributed by atoms with van der Waals surface area (Å²) in [6.45, 7) is 1.18. The van der Waals surface area contributed by atoms with Crippen molar-refractivity contribution >= 4 is 23.2 Å². The molecule has 0 unspecified atom stereocenters. The Morgan fingerprint density at radius 2 is 1.62 bits per heavy atom. The van der Waals surface area contributed by atoms with Gasteiger partial charge < -0.3 is 9.47 Å². The topological polar surface area (TPSA) is 18.5 Å². The van der Waals surface area contributed by atoms with Crippen molar-refractivity contribution in [3.05, 3.63) is 33.8 Å². The van der Waals surface area contributed by atoms with E-state index < -0.39 is 6.29 Å². The maximum atomic E-state index is 5.97. The Morgan fingerprint density at radius 3 is 2.15 bits per heavy atom. The number of ether oxygens (including phenoxy) is 2. The summed E-state index contributed by atoms with van der Waals surface area (Å²) in [7, 11) is 0. The molecule has 1 aromatic carbocycles. The molecule has 2 nitrogen and oxygen atoms in total. The number of hydrogen-bond acceptors (Lipinski definition) is 2. The summed E-state index contributed by atoms with van der Waals surface area (Å²) in [6, 6.07) is 5.34. The lowest BCUT2D eigenvalue weighted by molar-refractivity contribution is -0.0439. The molecule has 0 radical (unpaired) electrons. The molecule has 2 rings (SSSR count). The number of hydrogen-bond donors (Lipinski definition) is 0. The monoisotopic (exact) mass is 218 g/mol. The van der Waals surface area contributed by atoms with Gasteiger partial charge in [-0.15, -0.1) is 0 Å². The highest BCUT2D eigenvalue weighted by molar-refractivity contribution is 6.36. The van der Waals surface area contributed by atoms with Crippen LogP contribution in [0, 0.1) is 0 Å². The Kier molecular flexibility index (Phi) is 2.74. The number of benzene rings is 1. The molecule has 1 aromatic rings. The van der Waals surface area contributed by atoms with E-state index in [0.29, 0.717) is 23.3 Å². The van der Waals surface area contributed by atoms with Crippen molar-refractivity contribution in [3.8, 4) is 0 Å². The first-order valence-electron chi connectivity index (χ1n) is 3.96. The fourth-order valence-electron chi connectivity index (χ4n) is 1.26. The second-order valence-electron chi connectivity index (χ2n) is 2.71. The maximum absolute atomic E-state index is 5.97. The zero-order chi connectivity index (χ0) is 9.26. The smallest absolute Gasteiger partial charge is 0.186 e. The van der Waals surface area contributed by atoms with Gasteiger partial charge in [0.25, 0.3) is 0 Å². The summed E-state index contributed by atoms with van der Waals surface area (Å²) in [4.78, 5) is 0. The van der Waals surface area contributed by atoms with Crippen LogP contribution in [0.1, 0.15) is 11.9 Å². The molecule has 1 heterocycles. The lowest BCUT2D eigenvalue weighted by Gasteiger charge is -2.12. The van der Waals surface area contributed by atoms with Crippen LogP contribution in [0.15, 0.2) is 18.2 Å². The molecule has 0 N–H and O–H groups in total. The first-order valence-corrected chi connectivity index (χ1v) is 4.72. The van der Waals surface area contributed by atoms with E-state index in [-0.39, 0.29) is 0 Å². The Bertz CT molecular complexity index is 288. The van der Waals surface area contributed by atoms with E-state index in [1.54, 1.807) is 18.2 Å². The van der Waals surface area contributed by atoms with Crippen molar-refractivity contribution in [2.45, 2.75) is 6.29 Å². The van der Waals surface area contributed by atoms with Gasteiger partial charge >= 0.3 is 0 Å². The van der Waals surface area contributed by atoms with Crippen LogP contribution in [0.3, 0.4) is 0 Å². The molecular weight excluding hydrogens is 211 g/mol. The van der Waals surface area contributed by atoms with Crippen LogP contribution >= 0.6 is 23.2 Å². The van der Waals surface area contributed by atoms with Gasteiger partial charge in [-0.1, -0.05) is 29.3 Å². The predicted octanol–water partition coefficient (Wildman–Crippen LogP) is 3.04. The number of rotatable bonds is 1. The van der Waals surface area contributed by atoms with Gasteiger partial charge in [-0.05, 0) is 12.1 Å². The minimum Gasteiger partial charge on any atom is -0.346 e. The molecule has 0 amide bonds. The molecule has 1 aliphatic rings. The molecule has 1 saturated heterocycles. The van der Waals surface area contributed by atoms with Crippen LogP contribution in [0.2, 0.25) is 10.0 Å². The molecule has 70 valence electrons. The Morgan fingerprint density at radius 1 is 1.08 bits per heavy atom. The van der Waals surface area contributed by atoms with Crippen LogP contribution < -0.4 is 0 Å². The fourth-order valence-corrected chi connectivity index (χ4v) is 1.84. The van der Waals surface area contributed by atoms with Crippen LogP contribution in [0.5, 0.6) is 0 Å². The van der Waals surface area contributed by atoms with Gasteiger partial charge in [-0.25, -0.2) is 0 Å². The Hall–Kier alpha value is -0.280. The van der Waals surface area contributed by atoms with Crippen LogP contribution in [-0.4, -0.2) is 13.2 Å². The third kappa shape index (κ3) is 1.81. The highest BCUT2D eigenvalue weighted by atomic mass is 35.5. The molecule has 1 fully saturated rings. The Balaban J connectivity index is 2.37. The molecule has 0 spiro atoms. The highest BCUT2D eigenvalue weighted by Crippen LogP contribution is 2.34. The van der Waals surface area contributed by atoms with E-state index >= 15 is 0 Å². The fraction of sp³-hybridized carbons (Fsp3) is 0.333. The zero-order valence-corrected chi connectivity index (χ0v) is 8.31. The number of halogens is 2. The maximum Gasteiger partial charge on any atom is 0.186 e. The minimum absolute atomic E-state index is 0.402. The van der Waals surface area contributed by atoms with Gasteiger partial charge in [0.05, 0.1) is 23.3 Å². The SMILES string of the molecule is Clc1cccc(Cl)c1C1OCCO1. The van der Waals surface area contributed by atoms with Gasteiger partial charge in [0.1, 0.15) is 0 Å². The first kappa shape index (κ1) is 9.28. The van der Waals surface area contributed by atoms with E-state index in [1.807, 2.05) is 0 Å². The van der Waals surface area contributed by atoms with Crippen molar-refractivity contribution in [1.29, 1.82) is 0 Å². The average molecular weight is 219 g/mol. The van der Waals surface area contributed by atoms with E-state index in [4.69, 9.17) is 32.7 Å². The summed E-state index contributed by atoms with van der Waals surface area (Å²) >= 11 is 11.9. The standard InChI is InChI=1S/C9H8Cl2O2/c10-6-2-1-3-7(11)8(6)9-12-4-5-13-9/h1-3,9H,4-5H2. The summed E-state index contributed by atoms with van der Waals surface area (Å²) in [5.74, 6) is 0. The van der Waals surface area contributed by atoms with Gasteiger partial charge in [0.2, 0.25) is 0 Å². The lowest BCUT2D eigenvalue weighted by Crippen LogP contribution is -1.99. The molecule has 13 heavy (non-hydrogen) atoms. The third-order valence-electron chi connectivity index (χ3n) is 1.86. The van der Waals surface area contributed by atoms with E-state index in [9.17, 15) is 0 Å². The van der Waals surface area contributed by atoms with Gasteiger partial charge in [0.15, 0.2) is 6.29 Å². The average Bonchev–Trinajstić information content (AvgIpc) is 2.57. The second-order valence-corrected chi connectivity index (χ2v) is 3.52. The van der Waals surface area contributed by atoms with Gasteiger partial charge in [-0.3, -0.25) is 0 Å². The predicted molar refractivity (Wildman–Crippen MR) is 51.1 cm³/mol. The summed E-state index contributed by atoms with van der Waals surface area (Å²) in [6.07, 6.45) is -0.402. The van der Waals surface area contributed by atoms with Gasteiger partial charge in [-0.2, -0.15) is 0 Å². The summed E-state index contributed by atoms with van der Waals surface area (Å²) in [5, 5.41) is 1.17. The summed E-state index contributed by atoms with van der Waals surface area (Å²) < 4.78 is 10.6. The zero-order valence-electron chi connectivity index (χ0n) is 6.80. The molecule has 0 atom stereocenters. The largest absolute Gasteiger partial charge is 0.346 e. The van der Waals surface area contributed by atoms with Crippen LogP contribution in [-0.2, 0) is 9.47 Å². The van der Waals surface area contributed by atoms with Crippen LogP contribution in [0.25, 0.3) is 0 Å². The Labute approximate surface area is 86.4 Å². The highest BCUT2D eigenvalue weighted by Gasteiger charge is 2.23. The molecule has 1 aliphatic heterocycles. The van der Waals surface area contributed by atoms with E-state index in [2.05, 4.69) is 0 Å². The van der Waals surface area contributed by atoms with Crippen LogP contribution in [0.4, 0.5) is 0 Å². The molecule has 4 heteroatoms. The van der Waals surface area contributed by atoms with Gasteiger partial charge in [0, 0.05) is 5.56 Å². The molecule has 0 aromatic heterocycles.